The van der Waals surface area contributed by atoms with Gasteiger partial charge in [0.15, 0.2) is 0 Å². The molecule has 2 N–H and O–H groups in total. The number of anilines is 1. The molecule has 0 unspecified atom stereocenters. The Balaban J connectivity index is 2.83. The quantitative estimate of drug-likeness (QED) is 0.867. The van der Waals surface area contributed by atoms with Crippen LogP contribution in [0, 0.1) is 0 Å². The topological polar surface area (TPSA) is 52.6 Å². The van der Waals surface area contributed by atoms with Crippen LogP contribution >= 0.6 is 15.9 Å². The van der Waals surface area contributed by atoms with E-state index in [1.807, 2.05) is 37.1 Å². The summed E-state index contributed by atoms with van der Waals surface area (Å²) in [6.45, 7) is 2.74. The highest BCUT2D eigenvalue weighted by Crippen LogP contribution is 2.24. The second kappa shape index (κ2) is 6.61. The van der Waals surface area contributed by atoms with Gasteiger partial charge in [-0.1, -0.05) is 22.0 Å². The molecule has 1 amide bonds. The van der Waals surface area contributed by atoms with Crippen LogP contribution in [0.25, 0.3) is 0 Å². The Hall–Kier alpha value is -1.07. The predicted octanol–water partition coefficient (Wildman–Crippen LogP) is 1.51. The summed E-state index contributed by atoms with van der Waals surface area (Å²) in [4.78, 5) is 13.3. The van der Waals surface area contributed by atoms with E-state index in [0.717, 1.165) is 15.7 Å². The summed E-state index contributed by atoms with van der Waals surface area (Å²) in [5.41, 5.74) is 1.66. The van der Waals surface area contributed by atoms with Gasteiger partial charge in [-0.2, -0.15) is 0 Å². The van der Waals surface area contributed by atoms with Crippen molar-refractivity contribution >= 4 is 27.5 Å². The number of carbonyl (C=O) groups is 1. The van der Waals surface area contributed by atoms with Gasteiger partial charge in [0, 0.05) is 29.3 Å². The molecular weight excluding hydrogens is 284 g/mol. The van der Waals surface area contributed by atoms with E-state index >= 15 is 0 Å². The summed E-state index contributed by atoms with van der Waals surface area (Å²) in [5.74, 6) is -0.0288. The van der Waals surface area contributed by atoms with Crippen LogP contribution in [0.3, 0.4) is 0 Å². The molecule has 0 radical (unpaired) electrons. The molecule has 0 spiro atoms. The largest absolute Gasteiger partial charge is 0.392 e. The van der Waals surface area contributed by atoms with E-state index in [9.17, 15) is 9.90 Å². The van der Waals surface area contributed by atoms with E-state index < -0.39 is 0 Å². The standard InChI is InChI=1S/C12H17BrN2O2/c1-3-14-12(17)7-15(2)11-6-10(13)5-4-9(11)8-16/h4-6,16H,3,7-8H2,1-2H3,(H,14,17). The molecule has 17 heavy (non-hydrogen) atoms. The minimum atomic E-state index is -0.0393. The maximum Gasteiger partial charge on any atom is 0.239 e. The highest BCUT2D eigenvalue weighted by atomic mass is 79.9. The first-order valence-electron chi connectivity index (χ1n) is 5.45. The second-order valence-electron chi connectivity index (χ2n) is 3.74. The zero-order chi connectivity index (χ0) is 12.8. The molecule has 0 aliphatic heterocycles. The summed E-state index contributed by atoms with van der Waals surface area (Å²) < 4.78 is 0.924. The molecule has 1 aromatic rings. The molecule has 1 rings (SSSR count). The lowest BCUT2D eigenvalue weighted by Crippen LogP contribution is -2.35. The smallest absolute Gasteiger partial charge is 0.239 e. The van der Waals surface area contributed by atoms with Crippen molar-refractivity contribution in [3.05, 3.63) is 28.2 Å². The Morgan fingerprint density at radius 2 is 2.24 bits per heavy atom. The Labute approximate surface area is 110 Å². The average Bonchev–Trinajstić information content (AvgIpc) is 2.29. The Morgan fingerprint density at radius 1 is 1.53 bits per heavy atom. The summed E-state index contributed by atoms with van der Waals surface area (Å²) >= 11 is 3.38. The van der Waals surface area contributed by atoms with E-state index in [4.69, 9.17) is 0 Å². The summed E-state index contributed by atoms with van der Waals surface area (Å²) in [6.07, 6.45) is 0. The number of hydrogen-bond donors (Lipinski definition) is 2. The normalized spacial score (nSPS) is 10.1. The Bertz CT molecular complexity index is 396. The first-order valence-corrected chi connectivity index (χ1v) is 6.25. The third kappa shape index (κ3) is 4.02. The zero-order valence-electron chi connectivity index (χ0n) is 10.0. The van der Waals surface area contributed by atoms with Gasteiger partial charge in [0.05, 0.1) is 13.2 Å². The van der Waals surface area contributed by atoms with Gasteiger partial charge in [0.1, 0.15) is 0 Å². The van der Waals surface area contributed by atoms with Gasteiger partial charge >= 0.3 is 0 Å². The van der Waals surface area contributed by atoms with Crippen molar-refractivity contribution in [3.8, 4) is 0 Å². The SMILES string of the molecule is CCNC(=O)CN(C)c1cc(Br)ccc1CO. The predicted molar refractivity (Wildman–Crippen MR) is 72.0 cm³/mol. The van der Waals surface area contributed by atoms with Gasteiger partial charge in [-0.3, -0.25) is 4.79 Å². The number of likely N-dealkylation sites (N-methyl/N-ethyl adjacent to an activating group) is 2. The summed E-state index contributed by atoms with van der Waals surface area (Å²) in [6, 6.07) is 5.60. The van der Waals surface area contributed by atoms with Crippen LogP contribution in [0.2, 0.25) is 0 Å². The van der Waals surface area contributed by atoms with Crippen molar-refractivity contribution in [1.82, 2.24) is 5.32 Å². The summed E-state index contributed by atoms with van der Waals surface area (Å²) in [7, 11) is 1.83. The van der Waals surface area contributed by atoms with Crippen molar-refractivity contribution in [2.75, 3.05) is 25.0 Å². The molecule has 0 aliphatic rings. The number of hydrogen-bond acceptors (Lipinski definition) is 3. The third-order valence-electron chi connectivity index (χ3n) is 2.38. The first kappa shape index (κ1) is 14.0. The number of amides is 1. The number of aliphatic hydroxyl groups excluding tert-OH is 1. The second-order valence-corrected chi connectivity index (χ2v) is 4.66. The third-order valence-corrected chi connectivity index (χ3v) is 2.88. The molecule has 0 saturated carbocycles. The van der Waals surface area contributed by atoms with Crippen molar-refractivity contribution in [1.29, 1.82) is 0 Å². The number of nitrogens with one attached hydrogen (secondary N) is 1. The molecule has 0 aliphatic carbocycles. The lowest BCUT2D eigenvalue weighted by Gasteiger charge is -2.21. The van der Waals surface area contributed by atoms with Gasteiger partial charge in [0.2, 0.25) is 5.91 Å². The lowest BCUT2D eigenvalue weighted by atomic mass is 10.1. The average molecular weight is 301 g/mol. The van der Waals surface area contributed by atoms with Crippen molar-refractivity contribution < 1.29 is 9.90 Å². The highest BCUT2D eigenvalue weighted by Gasteiger charge is 2.10. The number of rotatable bonds is 5. The lowest BCUT2D eigenvalue weighted by molar-refractivity contribution is -0.119. The molecule has 5 heteroatoms. The molecule has 1 aromatic carbocycles. The van der Waals surface area contributed by atoms with E-state index in [2.05, 4.69) is 21.2 Å². The van der Waals surface area contributed by atoms with Gasteiger partial charge in [0.25, 0.3) is 0 Å². The minimum absolute atomic E-state index is 0.0288. The van der Waals surface area contributed by atoms with Crippen LogP contribution in [-0.2, 0) is 11.4 Å². The molecule has 0 heterocycles. The van der Waals surface area contributed by atoms with Crippen molar-refractivity contribution in [3.63, 3.8) is 0 Å². The fourth-order valence-corrected chi connectivity index (χ4v) is 1.93. The van der Waals surface area contributed by atoms with E-state index in [-0.39, 0.29) is 19.1 Å². The Morgan fingerprint density at radius 3 is 2.82 bits per heavy atom. The molecule has 0 bridgehead atoms. The van der Waals surface area contributed by atoms with Crippen LogP contribution in [0.5, 0.6) is 0 Å². The number of carbonyl (C=O) groups excluding carboxylic acids is 1. The fraction of sp³-hybridized carbons (Fsp3) is 0.417. The van der Waals surface area contributed by atoms with Gasteiger partial charge in [-0.25, -0.2) is 0 Å². The Kier molecular flexibility index (Phi) is 5.44. The number of nitrogens with zero attached hydrogens (tertiary/aromatic N) is 1. The number of benzene rings is 1. The minimum Gasteiger partial charge on any atom is -0.392 e. The van der Waals surface area contributed by atoms with Gasteiger partial charge < -0.3 is 15.3 Å². The molecule has 94 valence electrons. The van der Waals surface area contributed by atoms with E-state index in [0.29, 0.717) is 6.54 Å². The zero-order valence-corrected chi connectivity index (χ0v) is 11.6. The maximum atomic E-state index is 11.5. The molecule has 0 fully saturated rings. The molecule has 0 aromatic heterocycles. The van der Waals surface area contributed by atoms with Crippen LogP contribution < -0.4 is 10.2 Å². The van der Waals surface area contributed by atoms with Crippen LogP contribution in [-0.4, -0.2) is 31.2 Å². The molecule has 0 saturated heterocycles. The van der Waals surface area contributed by atoms with Gasteiger partial charge in [-0.05, 0) is 19.1 Å². The van der Waals surface area contributed by atoms with E-state index in [1.165, 1.54) is 0 Å². The summed E-state index contributed by atoms with van der Waals surface area (Å²) in [5, 5.41) is 12.0. The fourth-order valence-electron chi connectivity index (χ4n) is 1.58. The molecule has 4 nitrogen and oxygen atoms in total. The van der Waals surface area contributed by atoms with Crippen LogP contribution in [0.4, 0.5) is 5.69 Å². The van der Waals surface area contributed by atoms with Crippen LogP contribution in [0.15, 0.2) is 22.7 Å². The maximum absolute atomic E-state index is 11.5. The van der Waals surface area contributed by atoms with Crippen LogP contribution in [0.1, 0.15) is 12.5 Å². The highest BCUT2D eigenvalue weighted by molar-refractivity contribution is 9.10. The van der Waals surface area contributed by atoms with Crippen molar-refractivity contribution in [2.45, 2.75) is 13.5 Å². The number of halogens is 1. The molecular formula is C12H17BrN2O2. The van der Waals surface area contributed by atoms with Crippen molar-refractivity contribution in [2.24, 2.45) is 0 Å². The first-order chi connectivity index (χ1) is 8.08. The van der Waals surface area contributed by atoms with E-state index in [1.54, 1.807) is 0 Å². The number of aliphatic hydroxyl groups is 1. The molecule has 0 atom stereocenters. The monoisotopic (exact) mass is 300 g/mol. The van der Waals surface area contributed by atoms with Gasteiger partial charge in [-0.15, -0.1) is 0 Å².